The fourth-order valence-corrected chi connectivity index (χ4v) is 4.57. The molecule has 0 bridgehead atoms. The number of methoxy groups -OCH3 is 2. The van der Waals surface area contributed by atoms with Crippen LogP contribution >= 0.6 is 0 Å². The van der Waals surface area contributed by atoms with Crippen LogP contribution in [0.5, 0.6) is 11.5 Å². The number of anilines is 2. The summed E-state index contributed by atoms with van der Waals surface area (Å²) in [5, 5.41) is 0. The van der Waals surface area contributed by atoms with Gasteiger partial charge in [0.1, 0.15) is 23.0 Å². The molecule has 2 amide bonds. The highest BCUT2D eigenvalue weighted by molar-refractivity contribution is 6.46. The zero-order chi connectivity index (χ0) is 23.8. The van der Waals surface area contributed by atoms with E-state index >= 15 is 0 Å². The Morgan fingerprint density at radius 2 is 1.53 bits per heavy atom. The van der Waals surface area contributed by atoms with E-state index < -0.39 is 17.6 Å². The summed E-state index contributed by atoms with van der Waals surface area (Å²) in [5.74, 6) is -0.438. The molecule has 0 radical (unpaired) electrons. The van der Waals surface area contributed by atoms with E-state index in [1.165, 1.54) is 38.5 Å². The number of benzene rings is 3. The Labute approximate surface area is 196 Å². The summed E-state index contributed by atoms with van der Waals surface area (Å²) in [6.07, 6.45) is 1.73. The van der Waals surface area contributed by atoms with Gasteiger partial charge in [0.15, 0.2) is 0 Å². The number of amides is 2. The summed E-state index contributed by atoms with van der Waals surface area (Å²) in [7, 11) is 3.01. The lowest BCUT2D eigenvalue weighted by atomic mass is 9.98. The zero-order valence-corrected chi connectivity index (χ0v) is 18.9. The Kier molecular flexibility index (Phi) is 5.53. The number of ether oxygens (including phenoxy) is 2. The number of para-hydroxylation sites is 1. The van der Waals surface area contributed by atoms with Gasteiger partial charge in [-0.1, -0.05) is 30.3 Å². The van der Waals surface area contributed by atoms with Crippen molar-refractivity contribution in [3.63, 3.8) is 0 Å². The summed E-state index contributed by atoms with van der Waals surface area (Å²) in [6.45, 7) is 0.589. The van der Waals surface area contributed by atoms with E-state index in [0.717, 1.165) is 29.0 Å². The molecule has 0 fully saturated rings. The maximum Gasteiger partial charge on any atom is 0.282 e. The van der Waals surface area contributed by atoms with Crippen LogP contribution in [0.4, 0.5) is 15.8 Å². The Morgan fingerprint density at radius 1 is 0.853 bits per heavy atom. The van der Waals surface area contributed by atoms with Gasteiger partial charge in [0, 0.05) is 30.4 Å². The molecule has 0 N–H and O–H groups in total. The van der Waals surface area contributed by atoms with Gasteiger partial charge in [-0.2, -0.15) is 0 Å². The van der Waals surface area contributed by atoms with E-state index in [2.05, 4.69) is 0 Å². The van der Waals surface area contributed by atoms with Crippen molar-refractivity contribution in [3.8, 4) is 11.5 Å². The second kappa shape index (κ2) is 8.67. The predicted molar refractivity (Wildman–Crippen MR) is 127 cm³/mol. The fourth-order valence-electron chi connectivity index (χ4n) is 4.57. The van der Waals surface area contributed by atoms with Gasteiger partial charge in [0.05, 0.1) is 25.5 Å². The third-order valence-electron chi connectivity index (χ3n) is 6.17. The van der Waals surface area contributed by atoms with Crippen molar-refractivity contribution in [1.29, 1.82) is 0 Å². The first-order chi connectivity index (χ1) is 16.5. The first-order valence-corrected chi connectivity index (χ1v) is 11.0. The van der Waals surface area contributed by atoms with Crippen LogP contribution in [0.2, 0.25) is 0 Å². The smallest absolute Gasteiger partial charge is 0.282 e. The van der Waals surface area contributed by atoms with Crippen LogP contribution in [-0.2, 0) is 16.0 Å². The number of carbonyl (C=O) groups is 2. The molecule has 2 heterocycles. The van der Waals surface area contributed by atoms with E-state index in [0.29, 0.717) is 29.3 Å². The molecule has 3 aromatic rings. The van der Waals surface area contributed by atoms with Gasteiger partial charge in [-0.05, 0) is 42.2 Å². The highest BCUT2D eigenvalue weighted by Crippen LogP contribution is 2.41. The normalized spacial score (nSPS) is 15.6. The monoisotopic (exact) mass is 458 g/mol. The van der Waals surface area contributed by atoms with Crippen LogP contribution in [0.15, 0.2) is 72.4 Å². The number of imide groups is 1. The molecule has 2 aliphatic rings. The highest BCUT2D eigenvalue weighted by Gasteiger charge is 2.44. The molecule has 2 aliphatic heterocycles. The number of hydrogen-bond donors (Lipinski definition) is 0. The molecule has 0 aromatic heterocycles. The SMILES string of the molecule is COc1cc(OC)cc(N2C(=O)C(c3ccc(F)cc3)=C(N3CCCc4ccccc43)C2=O)c1. The summed E-state index contributed by atoms with van der Waals surface area (Å²) < 4.78 is 24.4. The molecule has 3 aromatic carbocycles. The van der Waals surface area contributed by atoms with E-state index in [1.807, 2.05) is 29.2 Å². The van der Waals surface area contributed by atoms with Crippen LogP contribution in [0.1, 0.15) is 17.5 Å². The molecule has 6 nitrogen and oxygen atoms in total. The summed E-state index contributed by atoms with van der Waals surface area (Å²) in [6, 6.07) is 18.4. The van der Waals surface area contributed by atoms with Crippen LogP contribution < -0.4 is 19.3 Å². The second-order valence-electron chi connectivity index (χ2n) is 8.13. The molecule has 34 heavy (non-hydrogen) atoms. The van der Waals surface area contributed by atoms with Crippen molar-refractivity contribution in [2.24, 2.45) is 0 Å². The van der Waals surface area contributed by atoms with Gasteiger partial charge in [0.2, 0.25) is 0 Å². The largest absolute Gasteiger partial charge is 0.497 e. The molecule has 5 rings (SSSR count). The molecule has 172 valence electrons. The molecule has 0 unspecified atom stereocenters. The average Bonchev–Trinajstić information content (AvgIpc) is 3.13. The molecule has 0 aliphatic carbocycles. The lowest BCUT2D eigenvalue weighted by molar-refractivity contribution is -0.120. The number of nitrogens with zero attached hydrogens (tertiary/aromatic N) is 2. The molecule has 0 atom stereocenters. The van der Waals surface area contributed by atoms with Crippen molar-refractivity contribution in [3.05, 3.63) is 89.4 Å². The summed E-state index contributed by atoms with van der Waals surface area (Å²) >= 11 is 0. The van der Waals surface area contributed by atoms with E-state index in [-0.39, 0.29) is 11.3 Å². The fraction of sp³-hybridized carbons (Fsp3) is 0.185. The predicted octanol–water partition coefficient (Wildman–Crippen LogP) is 4.58. The van der Waals surface area contributed by atoms with E-state index in [9.17, 15) is 14.0 Å². The first-order valence-electron chi connectivity index (χ1n) is 11.0. The van der Waals surface area contributed by atoms with Crippen molar-refractivity contribution < 1.29 is 23.5 Å². The molecule has 7 heteroatoms. The lowest BCUT2D eigenvalue weighted by Gasteiger charge is -2.32. The molecular weight excluding hydrogens is 435 g/mol. The van der Waals surface area contributed by atoms with Crippen LogP contribution in [0, 0.1) is 5.82 Å². The number of aryl methyl sites for hydroxylation is 1. The molecule has 0 saturated carbocycles. The standard InChI is InChI=1S/C27H23FN2O4/c1-33-21-14-20(15-22(16-21)34-2)30-26(31)24(18-9-11-19(28)12-10-18)25(27(30)32)29-13-5-7-17-6-3-4-8-23(17)29/h3-4,6,8-12,14-16H,5,7,13H2,1-2H3. The summed E-state index contributed by atoms with van der Waals surface area (Å²) in [4.78, 5) is 30.8. The average molecular weight is 458 g/mol. The van der Waals surface area contributed by atoms with E-state index in [4.69, 9.17) is 9.47 Å². The summed E-state index contributed by atoms with van der Waals surface area (Å²) in [5.41, 5.74) is 3.35. The number of hydrogen-bond acceptors (Lipinski definition) is 5. The van der Waals surface area contributed by atoms with Gasteiger partial charge in [0.25, 0.3) is 11.8 Å². The Morgan fingerprint density at radius 3 is 2.21 bits per heavy atom. The molecular formula is C27H23FN2O4. The molecule has 0 saturated heterocycles. The van der Waals surface area contributed by atoms with Crippen LogP contribution in [0.3, 0.4) is 0 Å². The Balaban J connectivity index is 1.69. The van der Waals surface area contributed by atoms with Crippen molar-refractivity contribution in [2.45, 2.75) is 12.8 Å². The zero-order valence-electron chi connectivity index (χ0n) is 18.9. The van der Waals surface area contributed by atoms with Gasteiger partial charge in [-0.3, -0.25) is 9.59 Å². The first kappa shape index (κ1) is 21.7. The second-order valence-corrected chi connectivity index (χ2v) is 8.13. The van der Waals surface area contributed by atoms with Crippen LogP contribution in [0.25, 0.3) is 5.57 Å². The van der Waals surface area contributed by atoms with E-state index in [1.54, 1.807) is 18.2 Å². The highest BCUT2D eigenvalue weighted by atomic mass is 19.1. The Bertz CT molecular complexity index is 1290. The number of rotatable bonds is 5. The number of halogens is 1. The van der Waals surface area contributed by atoms with Gasteiger partial charge in [-0.15, -0.1) is 0 Å². The lowest BCUT2D eigenvalue weighted by Crippen LogP contribution is -2.37. The number of fused-ring (bicyclic) bond motifs is 1. The maximum absolute atomic E-state index is 13.9. The van der Waals surface area contributed by atoms with Crippen molar-refractivity contribution in [2.75, 3.05) is 30.6 Å². The van der Waals surface area contributed by atoms with Crippen molar-refractivity contribution >= 4 is 28.8 Å². The van der Waals surface area contributed by atoms with Gasteiger partial charge >= 0.3 is 0 Å². The maximum atomic E-state index is 13.9. The van der Waals surface area contributed by atoms with Crippen LogP contribution in [-0.4, -0.2) is 32.6 Å². The minimum absolute atomic E-state index is 0.239. The minimum Gasteiger partial charge on any atom is -0.497 e. The number of carbonyl (C=O) groups excluding carboxylic acids is 2. The van der Waals surface area contributed by atoms with Gasteiger partial charge in [-0.25, -0.2) is 9.29 Å². The quantitative estimate of drug-likeness (QED) is 0.524. The van der Waals surface area contributed by atoms with Gasteiger partial charge < -0.3 is 14.4 Å². The minimum atomic E-state index is -0.482. The van der Waals surface area contributed by atoms with Crippen molar-refractivity contribution in [1.82, 2.24) is 0 Å². The Hall–Kier alpha value is -4.13. The third kappa shape index (κ3) is 3.59. The molecule has 0 spiro atoms. The topological polar surface area (TPSA) is 59.1 Å². The third-order valence-corrected chi connectivity index (χ3v) is 6.17.